The lowest BCUT2D eigenvalue weighted by Crippen LogP contribution is -2.48. The molecular formula is C17H26N4S. The highest BCUT2D eigenvalue weighted by molar-refractivity contribution is 7.22. The molecular weight excluding hydrogens is 292 g/mol. The molecule has 0 saturated carbocycles. The number of fused-ring (bicyclic) bond motifs is 1. The van der Waals surface area contributed by atoms with E-state index in [2.05, 4.69) is 59.1 Å². The van der Waals surface area contributed by atoms with Gasteiger partial charge in [0, 0.05) is 44.5 Å². The van der Waals surface area contributed by atoms with Gasteiger partial charge in [0.1, 0.15) is 0 Å². The van der Waals surface area contributed by atoms with E-state index in [1.807, 2.05) is 0 Å². The summed E-state index contributed by atoms with van der Waals surface area (Å²) in [6, 6.07) is 7.33. The Morgan fingerprint density at radius 2 is 2.00 bits per heavy atom. The van der Waals surface area contributed by atoms with Crippen molar-refractivity contribution in [1.29, 1.82) is 0 Å². The van der Waals surface area contributed by atoms with Crippen LogP contribution in [-0.4, -0.2) is 48.6 Å². The van der Waals surface area contributed by atoms with Gasteiger partial charge in [0.2, 0.25) is 0 Å². The Kier molecular flexibility index (Phi) is 4.84. The average molecular weight is 318 g/mol. The number of hydrogen-bond acceptors (Lipinski definition) is 5. The Labute approximate surface area is 137 Å². The third kappa shape index (κ3) is 3.36. The molecule has 0 bridgehead atoms. The largest absolute Gasteiger partial charge is 0.369 e. The first-order valence-electron chi connectivity index (χ1n) is 8.31. The third-order valence-corrected chi connectivity index (χ3v) is 5.28. The molecule has 1 fully saturated rings. The number of anilines is 2. The molecule has 0 amide bonds. The van der Waals surface area contributed by atoms with Crippen LogP contribution in [0.2, 0.25) is 0 Å². The number of benzene rings is 1. The molecule has 3 rings (SSSR count). The smallest absolute Gasteiger partial charge is 0.183 e. The van der Waals surface area contributed by atoms with Gasteiger partial charge < -0.3 is 10.2 Å². The summed E-state index contributed by atoms with van der Waals surface area (Å²) in [5, 5.41) is 4.43. The van der Waals surface area contributed by atoms with E-state index in [0.717, 1.165) is 49.8 Å². The van der Waals surface area contributed by atoms with Gasteiger partial charge in [-0.05, 0) is 38.5 Å². The van der Waals surface area contributed by atoms with E-state index in [-0.39, 0.29) is 0 Å². The molecule has 1 aliphatic rings. The first-order valence-corrected chi connectivity index (χ1v) is 9.12. The van der Waals surface area contributed by atoms with Crippen molar-refractivity contribution in [2.45, 2.75) is 33.2 Å². The molecule has 5 heteroatoms. The van der Waals surface area contributed by atoms with Crippen LogP contribution < -0.4 is 10.2 Å². The van der Waals surface area contributed by atoms with Crippen LogP contribution in [0.25, 0.3) is 10.2 Å². The predicted octanol–water partition coefficient (Wildman–Crippen LogP) is 3.65. The molecule has 1 saturated heterocycles. The minimum atomic E-state index is 0.651. The molecule has 0 spiro atoms. The zero-order valence-corrected chi connectivity index (χ0v) is 14.6. The predicted molar refractivity (Wildman–Crippen MR) is 97.3 cm³/mol. The maximum absolute atomic E-state index is 4.65. The molecule has 0 unspecified atom stereocenters. The summed E-state index contributed by atoms with van der Waals surface area (Å²) in [5.74, 6) is 0. The molecule has 22 heavy (non-hydrogen) atoms. The second-order valence-corrected chi connectivity index (χ2v) is 7.25. The van der Waals surface area contributed by atoms with Crippen LogP contribution in [0, 0.1) is 0 Å². The topological polar surface area (TPSA) is 31.4 Å². The molecule has 1 aromatic heterocycles. The van der Waals surface area contributed by atoms with Crippen LogP contribution in [-0.2, 0) is 0 Å². The van der Waals surface area contributed by atoms with Gasteiger partial charge in [-0.1, -0.05) is 18.3 Å². The van der Waals surface area contributed by atoms with Crippen LogP contribution in [0.3, 0.4) is 0 Å². The van der Waals surface area contributed by atoms with E-state index in [1.165, 1.54) is 10.4 Å². The van der Waals surface area contributed by atoms with E-state index in [0.29, 0.717) is 6.04 Å². The monoisotopic (exact) mass is 318 g/mol. The molecule has 0 atom stereocenters. The average Bonchev–Trinajstić information content (AvgIpc) is 2.94. The van der Waals surface area contributed by atoms with Crippen molar-refractivity contribution in [1.82, 2.24) is 9.88 Å². The minimum absolute atomic E-state index is 0.651. The molecule has 120 valence electrons. The van der Waals surface area contributed by atoms with Gasteiger partial charge in [0.05, 0.1) is 10.2 Å². The van der Waals surface area contributed by atoms with Crippen molar-refractivity contribution in [3.63, 3.8) is 0 Å². The molecule has 2 heterocycles. The molecule has 1 N–H and O–H groups in total. The lowest BCUT2D eigenvalue weighted by molar-refractivity contribution is 0.209. The Hall–Kier alpha value is -1.33. The lowest BCUT2D eigenvalue weighted by atomic mass is 10.2. The zero-order valence-electron chi connectivity index (χ0n) is 13.8. The number of nitrogens with one attached hydrogen (secondary N) is 1. The quantitative estimate of drug-likeness (QED) is 0.912. The van der Waals surface area contributed by atoms with Crippen molar-refractivity contribution in [2.24, 2.45) is 0 Å². The van der Waals surface area contributed by atoms with Crippen LogP contribution in [0.1, 0.15) is 27.2 Å². The Morgan fingerprint density at radius 1 is 1.23 bits per heavy atom. The van der Waals surface area contributed by atoms with Gasteiger partial charge in [0.25, 0.3) is 0 Å². The number of hydrogen-bond donors (Lipinski definition) is 1. The first-order chi connectivity index (χ1) is 10.7. The minimum Gasteiger partial charge on any atom is -0.369 e. The van der Waals surface area contributed by atoms with Crippen LogP contribution in [0.5, 0.6) is 0 Å². The summed E-state index contributed by atoms with van der Waals surface area (Å²) in [4.78, 5) is 9.70. The maximum Gasteiger partial charge on any atom is 0.183 e. The number of piperazine rings is 1. The number of nitrogens with zero attached hydrogens (tertiary/aromatic N) is 3. The molecule has 0 aliphatic carbocycles. The van der Waals surface area contributed by atoms with Gasteiger partial charge in [-0.2, -0.15) is 0 Å². The van der Waals surface area contributed by atoms with Crippen LogP contribution in [0.15, 0.2) is 18.2 Å². The summed E-state index contributed by atoms with van der Waals surface area (Å²) in [6.45, 7) is 12.3. The van der Waals surface area contributed by atoms with Crippen molar-refractivity contribution < 1.29 is 0 Å². The first kappa shape index (κ1) is 15.6. The van der Waals surface area contributed by atoms with Crippen molar-refractivity contribution in [3.05, 3.63) is 18.2 Å². The highest BCUT2D eigenvalue weighted by Crippen LogP contribution is 2.30. The summed E-state index contributed by atoms with van der Waals surface area (Å²) < 4.78 is 1.28. The third-order valence-electron chi connectivity index (χ3n) is 4.31. The summed E-state index contributed by atoms with van der Waals surface area (Å²) in [6.07, 6.45) is 1.13. The fourth-order valence-corrected chi connectivity index (χ4v) is 3.84. The van der Waals surface area contributed by atoms with E-state index in [9.17, 15) is 0 Å². The normalized spacial score (nSPS) is 16.6. The molecule has 1 aliphatic heterocycles. The maximum atomic E-state index is 4.65. The molecule has 0 radical (unpaired) electrons. The van der Waals surface area contributed by atoms with E-state index in [1.54, 1.807) is 11.3 Å². The van der Waals surface area contributed by atoms with Crippen LogP contribution >= 0.6 is 11.3 Å². The number of rotatable bonds is 5. The van der Waals surface area contributed by atoms with Crippen LogP contribution in [0.4, 0.5) is 10.8 Å². The fourth-order valence-electron chi connectivity index (χ4n) is 2.91. The molecule has 2 aromatic rings. The van der Waals surface area contributed by atoms with E-state index >= 15 is 0 Å². The number of thiazole rings is 1. The van der Waals surface area contributed by atoms with Crippen molar-refractivity contribution >= 4 is 32.4 Å². The summed E-state index contributed by atoms with van der Waals surface area (Å²) in [5.41, 5.74) is 2.44. The second-order valence-electron chi connectivity index (χ2n) is 6.21. The van der Waals surface area contributed by atoms with E-state index in [4.69, 9.17) is 0 Å². The SMILES string of the molecule is CCCNc1nc2ccc(N3CCN(C(C)C)CC3)cc2s1. The summed E-state index contributed by atoms with van der Waals surface area (Å²) >= 11 is 1.76. The highest BCUT2D eigenvalue weighted by atomic mass is 32.1. The zero-order chi connectivity index (χ0) is 15.5. The number of aromatic nitrogens is 1. The van der Waals surface area contributed by atoms with Gasteiger partial charge in [-0.15, -0.1) is 0 Å². The molecule has 1 aromatic carbocycles. The fraction of sp³-hybridized carbons (Fsp3) is 0.588. The Morgan fingerprint density at radius 3 is 2.68 bits per heavy atom. The standard InChI is InChI=1S/C17H26N4S/c1-4-7-18-17-19-15-6-5-14(12-16(15)22-17)21-10-8-20(9-11-21)13(2)3/h5-6,12-13H,4,7-11H2,1-3H3,(H,18,19). The highest BCUT2D eigenvalue weighted by Gasteiger charge is 2.19. The van der Waals surface area contributed by atoms with E-state index < -0.39 is 0 Å². The van der Waals surface area contributed by atoms with Gasteiger partial charge >= 0.3 is 0 Å². The van der Waals surface area contributed by atoms with Gasteiger partial charge in [-0.3, -0.25) is 4.90 Å². The second kappa shape index (κ2) is 6.84. The van der Waals surface area contributed by atoms with Crippen molar-refractivity contribution in [2.75, 3.05) is 42.9 Å². The summed E-state index contributed by atoms with van der Waals surface area (Å²) in [7, 11) is 0. The van der Waals surface area contributed by atoms with Gasteiger partial charge in [0.15, 0.2) is 5.13 Å². The lowest BCUT2D eigenvalue weighted by Gasteiger charge is -2.38. The molecule has 4 nitrogen and oxygen atoms in total. The Bertz CT molecular complexity index is 614. The van der Waals surface area contributed by atoms with Gasteiger partial charge in [-0.25, -0.2) is 4.98 Å². The Balaban J connectivity index is 1.72. The van der Waals surface area contributed by atoms with Crippen molar-refractivity contribution in [3.8, 4) is 0 Å².